The number of aliphatic hydroxyl groups is 1. The van der Waals surface area contributed by atoms with Crippen molar-refractivity contribution < 1.29 is 9.84 Å². The predicted molar refractivity (Wildman–Crippen MR) is 86.5 cm³/mol. The molecule has 1 fully saturated rings. The Morgan fingerprint density at radius 1 is 1.43 bits per heavy atom. The van der Waals surface area contributed by atoms with Gasteiger partial charge in [0.05, 0.1) is 12.3 Å². The molecule has 0 spiro atoms. The Hall–Kier alpha value is -1.70. The van der Waals surface area contributed by atoms with E-state index in [0.29, 0.717) is 25.4 Å². The van der Waals surface area contributed by atoms with Crippen molar-refractivity contribution in [3.63, 3.8) is 0 Å². The molecule has 3 heterocycles. The molecule has 1 aliphatic heterocycles. The standard InChI is InChI=1S/C16H24N4O3/c1-12-7-14-17-13(8-15(22)20(14)18-12)9-19(2)10-16(11-21)3-5-23-6-4-16/h7-8,18,21H,3-6,9-11H2,1-2H3. The van der Waals surface area contributed by atoms with Crippen LogP contribution in [-0.4, -0.2) is 58.0 Å². The Morgan fingerprint density at radius 3 is 2.87 bits per heavy atom. The smallest absolute Gasteiger partial charge is 0.272 e. The number of aliphatic hydroxyl groups excluding tert-OH is 1. The maximum Gasteiger partial charge on any atom is 0.272 e. The fraction of sp³-hybridized carbons (Fsp3) is 0.625. The highest BCUT2D eigenvalue weighted by molar-refractivity contribution is 5.39. The van der Waals surface area contributed by atoms with Crippen molar-refractivity contribution in [1.29, 1.82) is 0 Å². The van der Waals surface area contributed by atoms with Gasteiger partial charge in [0.1, 0.15) is 0 Å². The first-order valence-electron chi connectivity index (χ1n) is 7.97. The summed E-state index contributed by atoms with van der Waals surface area (Å²) in [6, 6.07) is 3.42. The number of nitrogens with zero attached hydrogens (tertiary/aromatic N) is 3. The highest BCUT2D eigenvalue weighted by Gasteiger charge is 2.33. The summed E-state index contributed by atoms with van der Waals surface area (Å²) in [4.78, 5) is 18.8. The molecule has 1 saturated heterocycles. The number of ether oxygens (including phenoxy) is 1. The summed E-state index contributed by atoms with van der Waals surface area (Å²) in [7, 11) is 2.00. The van der Waals surface area contributed by atoms with Crippen LogP contribution in [0.4, 0.5) is 0 Å². The highest BCUT2D eigenvalue weighted by atomic mass is 16.5. The molecule has 0 amide bonds. The van der Waals surface area contributed by atoms with Crippen LogP contribution in [0.1, 0.15) is 24.2 Å². The van der Waals surface area contributed by atoms with E-state index in [9.17, 15) is 9.90 Å². The molecule has 0 unspecified atom stereocenters. The fourth-order valence-electron chi connectivity index (χ4n) is 3.32. The van der Waals surface area contributed by atoms with Gasteiger partial charge in [-0.2, -0.15) is 0 Å². The molecule has 2 N–H and O–H groups in total. The molecule has 0 aliphatic carbocycles. The zero-order valence-corrected chi connectivity index (χ0v) is 13.7. The number of hydrogen-bond acceptors (Lipinski definition) is 5. The summed E-state index contributed by atoms with van der Waals surface area (Å²) in [5, 5.41) is 12.8. The van der Waals surface area contributed by atoms with E-state index >= 15 is 0 Å². The van der Waals surface area contributed by atoms with Gasteiger partial charge < -0.3 is 9.84 Å². The Bertz CT molecular complexity index is 730. The maximum absolute atomic E-state index is 12.1. The first-order valence-corrected chi connectivity index (χ1v) is 7.97. The Balaban J connectivity index is 1.74. The van der Waals surface area contributed by atoms with Crippen LogP contribution in [0.15, 0.2) is 16.9 Å². The number of rotatable bonds is 5. The highest BCUT2D eigenvalue weighted by Crippen LogP contribution is 2.30. The van der Waals surface area contributed by atoms with Gasteiger partial charge in [0, 0.05) is 49.5 Å². The Labute approximate surface area is 134 Å². The Morgan fingerprint density at radius 2 is 2.17 bits per heavy atom. The summed E-state index contributed by atoms with van der Waals surface area (Å²) >= 11 is 0. The molecule has 2 aromatic rings. The lowest BCUT2D eigenvalue weighted by atomic mass is 9.80. The van der Waals surface area contributed by atoms with E-state index < -0.39 is 0 Å². The largest absolute Gasteiger partial charge is 0.396 e. The number of H-pyrrole nitrogens is 1. The molecule has 126 valence electrons. The predicted octanol–water partition coefficient (Wildman–Crippen LogP) is 0.552. The first-order chi connectivity index (χ1) is 11.0. The van der Waals surface area contributed by atoms with Crippen LogP contribution in [0.25, 0.3) is 5.65 Å². The minimum absolute atomic E-state index is 0.102. The van der Waals surface area contributed by atoms with Gasteiger partial charge >= 0.3 is 0 Å². The number of nitrogens with one attached hydrogen (secondary N) is 1. The van der Waals surface area contributed by atoms with E-state index in [-0.39, 0.29) is 17.6 Å². The molecule has 0 atom stereocenters. The molecule has 7 heteroatoms. The van der Waals surface area contributed by atoms with Crippen molar-refractivity contribution in [2.24, 2.45) is 5.41 Å². The summed E-state index contributed by atoms with van der Waals surface area (Å²) in [6.45, 7) is 4.80. The van der Waals surface area contributed by atoms with Crippen LogP contribution in [0.3, 0.4) is 0 Å². The third-order valence-electron chi connectivity index (χ3n) is 4.56. The molecule has 3 rings (SSSR count). The van der Waals surface area contributed by atoms with Crippen molar-refractivity contribution in [3.8, 4) is 0 Å². The van der Waals surface area contributed by atoms with Gasteiger partial charge in [-0.1, -0.05) is 0 Å². The number of fused-ring (bicyclic) bond motifs is 1. The van der Waals surface area contributed by atoms with Gasteiger partial charge in [0.25, 0.3) is 5.56 Å². The average Bonchev–Trinajstić information content (AvgIpc) is 2.89. The van der Waals surface area contributed by atoms with Gasteiger partial charge in [-0.3, -0.25) is 14.8 Å². The first kappa shape index (κ1) is 16.2. The molecule has 0 bridgehead atoms. The second kappa shape index (κ2) is 6.43. The second-order valence-electron chi connectivity index (χ2n) is 6.66. The molecule has 7 nitrogen and oxygen atoms in total. The zero-order valence-electron chi connectivity index (χ0n) is 13.7. The van der Waals surface area contributed by atoms with Crippen molar-refractivity contribution >= 4 is 5.65 Å². The van der Waals surface area contributed by atoms with Crippen LogP contribution in [0.2, 0.25) is 0 Å². The summed E-state index contributed by atoms with van der Waals surface area (Å²) < 4.78 is 6.85. The van der Waals surface area contributed by atoms with Crippen molar-refractivity contribution in [3.05, 3.63) is 33.9 Å². The fourth-order valence-corrected chi connectivity index (χ4v) is 3.32. The monoisotopic (exact) mass is 320 g/mol. The molecule has 0 radical (unpaired) electrons. The van der Waals surface area contributed by atoms with E-state index in [1.807, 2.05) is 20.0 Å². The normalized spacial score (nSPS) is 17.9. The quantitative estimate of drug-likeness (QED) is 0.841. The summed E-state index contributed by atoms with van der Waals surface area (Å²) in [5.74, 6) is 0. The van der Waals surface area contributed by atoms with Gasteiger partial charge in [0.15, 0.2) is 5.65 Å². The van der Waals surface area contributed by atoms with Crippen molar-refractivity contribution in [2.45, 2.75) is 26.3 Å². The van der Waals surface area contributed by atoms with E-state index in [1.165, 1.54) is 4.52 Å². The number of hydrogen-bond donors (Lipinski definition) is 2. The van der Waals surface area contributed by atoms with Gasteiger partial charge in [-0.05, 0) is 26.8 Å². The molecule has 0 saturated carbocycles. The van der Waals surface area contributed by atoms with Crippen molar-refractivity contribution in [1.82, 2.24) is 19.5 Å². The lowest BCUT2D eigenvalue weighted by molar-refractivity contribution is -0.0319. The maximum atomic E-state index is 12.1. The molecule has 1 aliphatic rings. The van der Waals surface area contributed by atoms with E-state index in [2.05, 4.69) is 15.0 Å². The van der Waals surface area contributed by atoms with E-state index in [4.69, 9.17) is 4.74 Å². The van der Waals surface area contributed by atoms with Crippen LogP contribution >= 0.6 is 0 Å². The third kappa shape index (κ3) is 3.46. The molecular formula is C16H24N4O3. The zero-order chi connectivity index (χ0) is 16.4. The molecule has 0 aromatic carbocycles. The molecular weight excluding hydrogens is 296 g/mol. The number of aryl methyl sites for hydroxylation is 1. The molecule has 2 aromatic heterocycles. The Kier molecular flexibility index (Phi) is 4.52. The second-order valence-corrected chi connectivity index (χ2v) is 6.66. The van der Waals surface area contributed by atoms with E-state index in [1.54, 1.807) is 6.07 Å². The van der Waals surface area contributed by atoms with Crippen LogP contribution < -0.4 is 5.56 Å². The summed E-state index contributed by atoms with van der Waals surface area (Å²) in [6.07, 6.45) is 1.72. The minimum Gasteiger partial charge on any atom is -0.396 e. The molecule has 23 heavy (non-hydrogen) atoms. The topological polar surface area (TPSA) is 82.9 Å². The average molecular weight is 320 g/mol. The van der Waals surface area contributed by atoms with Gasteiger partial charge in [0.2, 0.25) is 0 Å². The van der Waals surface area contributed by atoms with E-state index in [0.717, 1.165) is 30.8 Å². The number of aromatic nitrogens is 3. The van der Waals surface area contributed by atoms with Crippen molar-refractivity contribution in [2.75, 3.05) is 33.4 Å². The number of aromatic amines is 1. The lowest BCUT2D eigenvalue weighted by Crippen LogP contribution is -2.42. The van der Waals surface area contributed by atoms with Crippen LogP contribution in [0.5, 0.6) is 0 Å². The van der Waals surface area contributed by atoms with Crippen LogP contribution in [0, 0.1) is 12.3 Å². The third-order valence-corrected chi connectivity index (χ3v) is 4.56. The van der Waals surface area contributed by atoms with Gasteiger partial charge in [-0.25, -0.2) is 9.50 Å². The minimum atomic E-state index is -0.114. The van der Waals surface area contributed by atoms with Gasteiger partial charge in [-0.15, -0.1) is 0 Å². The van der Waals surface area contributed by atoms with Crippen LogP contribution in [-0.2, 0) is 11.3 Å². The summed E-state index contributed by atoms with van der Waals surface area (Å²) in [5.41, 5.74) is 2.07. The lowest BCUT2D eigenvalue weighted by Gasteiger charge is -2.38. The SMILES string of the molecule is Cc1cc2nc(CN(C)CC3(CO)CCOCC3)cc(=O)n2[nH]1.